The molecule has 0 aliphatic carbocycles. The molecule has 0 aliphatic rings. The number of sulfonamides is 1. The van der Waals surface area contributed by atoms with Crippen LogP contribution in [0.25, 0.3) is 0 Å². The van der Waals surface area contributed by atoms with Crippen molar-refractivity contribution in [2.45, 2.75) is 18.2 Å². The second kappa shape index (κ2) is 9.85. The van der Waals surface area contributed by atoms with Gasteiger partial charge >= 0.3 is 0 Å². The molecule has 0 N–H and O–H groups in total. The highest BCUT2D eigenvalue weighted by Crippen LogP contribution is 2.32. The van der Waals surface area contributed by atoms with Crippen molar-refractivity contribution in [2.75, 3.05) is 18.0 Å². The van der Waals surface area contributed by atoms with Gasteiger partial charge in [-0.2, -0.15) is 4.31 Å². The predicted molar refractivity (Wildman–Crippen MR) is 120 cm³/mol. The number of hydrogen-bond donors (Lipinski definition) is 0. The van der Waals surface area contributed by atoms with Crippen LogP contribution in [0.15, 0.2) is 77.7 Å². The van der Waals surface area contributed by atoms with Crippen LogP contribution in [0.3, 0.4) is 0 Å². The number of para-hydroxylation sites is 1. The molecule has 0 saturated heterocycles. The topological polar surface area (TPSA) is 72.9 Å². The molecule has 0 aromatic heterocycles. The summed E-state index contributed by atoms with van der Waals surface area (Å²) in [6, 6.07) is 19.4. The number of benzene rings is 3. The van der Waals surface area contributed by atoms with Gasteiger partial charge in [-0.15, -0.1) is 0 Å². The number of carbonyl (C=O) groups excluding carboxylic acids is 1. The van der Waals surface area contributed by atoms with E-state index in [9.17, 15) is 13.2 Å². The van der Waals surface area contributed by atoms with Gasteiger partial charge in [0.05, 0.1) is 22.7 Å². The van der Waals surface area contributed by atoms with Crippen LogP contribution in [-0.2, 0) is 21.2 Å². The molecule has 0 radical (unpaired) electrons. The first-order valence-corrected chi connectivity index (χ1v) is 11.4. The van der Waals surface area contributed by atoms with Gasteiger partial charge in [-0.1, -0.05) is 54.9 Å². The molecule has 0 bridgehead atoms. The number of halogens is 1. The smallest absolute Gasteiger partial charge is 0.278 e. The summed E-state index contributed by atoms with van der Waals surface area (Å²) in [5.74, 6) is 0.141. The zero-order chi connectivity index (χ0) is 22.4. The maximum atomic E-state index is 13.3. The third-order valence-electron chi connectivity index (χ3n) is 4.58. The molecule has 6 nitrogen and oxygen atoms in total. The van der Waals surface area contributed by atoms with Crippen molar-refractivity contribution in [3.05, 3.63) is 83.4 Å². The molecule has 0 atom stereocenters. The second-order valence-electron chi connectivity index (χ2n) is 6.55. The van der Waals surface area contributed by atoms with E-state index in [-0.39, 0.29) is 15.6 Å². The number of aryl methyl sites for hydroxylation is 1. The molecule has 8 heteroatoms. The Morgan fingerprint density at radius 2 is 1.65 bits per heavy atom. The van der Waals surface area contributed by atoms with E-state index < -0.39 is 22.5 Å². The van der Waals surface area contributed by atoms with E-state index in [2.05, 4.69) is 0 Å². The molecule has 162 valence electrons. The van der Waals surface area contributed by atoms with Crippen molar-refractivity contribution in [2.24, 2.45) is 0 Å². The fourth-order valence-electron chi connectivity index (χ4n) is 3.03. The van der Waals surface area contributed by atoms with Gasteiger partial charge in [-0.25, -0.2) is 8.42 Å². The molecular weight excluding hydrogens is 438 g/mol. The molecular formula is C23H22ClNO5S. The average Bonchev–Trinajstić information content (AvgIpc) is 2.78. The van der Waals surface area contributed by atoms with Gasteiger partial charge in [0.25, 0.3) is 15.9 Å². The van der Waals surface area contributed by atoms with Crippen molar-refractivity contribution >= 4 is 33.2 Å². The monoisotopic (exact) mass is 459 g/mol. The summed E-state index contributed by atoms with van der Waals surface area (Å²) in [5.41, 5.74) is 1.01. The second-order valence-corrected chi connectivity index (χ2v) is 8.74. The molecule has 0 fully saturated rings. The zero-order valence-corrected chi connectivity index (χ0v) is 18.7. The van der Waals surface area contributed by atoms with E-state index in [1.165, 1.54) is 37.4 Å². The van der Waals surface area contributed by atoms with Crippen LogP contribution in [0.5, 0.6) is 11.5 Å². The van der Waals surface area contributed by atoms with Crippen LogP contribution < -0.4 is 13.8 Å². The molecule has 0 saturated carbocycles. The molecule has 0 spiro atoms. The van der Waals surface area contributed by atoms with Gasteiger partial charge in [-0.3, -0.25) is 4.79 Å². The molecule has 1 amide bonds. The first-order valence-electron chi connectivity index (χ1n) is 9.56. The Hall–Kier alpha value is -3.03. The number of nitrogens with zero attached hydrogens (tertiary/aromatic N) is 1. The molecule has 3 rings (SSSR count). The SMILES string of the molecule is CCc1ccccc1OCC(=O)N(c1ccc(OC)c(Cl)c1)S(=O)(=O)c1ccccc1. The standard InChI is InChI=1S/C23H22ClNO5S/c1-3-17-9-7-8-12-21(17)30-16-23(26)25(18-13-14-22(29-2)20(24)15-18)31(27,28)19-10-5-4-6-11-19/h4-15H,3,16H2,1-2H3. The number of methoxy groups -OCH3 is 1. The molecule has 3 aromatic carbocycles. The number of anilines is 1. The minimum atomic E-state index is -4.21. The van der Waals surface area contributed by atoms with E-state index in [0.717, 1.165) is 5.56 Å². The fraction of sp³-hybridized carbons (Fsp3) is 0.174. The Bertz CT molecular complexity index is 1170. The fourth-order valence-corrected chi connectivity index (χ4v) is 4.71. The van der Waals surface area contributed by atoms with Crippen molar-refractivity contribution in [3.8, 4) is 11.5 Å². The number of rotatable bonds is 8. The van der Waals surface area contributed by atoms with Crippen LogP contribution in [-0.4, -0.2) is 28.0 Å². The Morgan fingerprint density at radius 1 is 0.968 bits per heavy atom. The van der Waals surface area contributed by atoms with Crippen LogP contribution in [0.4, 0.5) is 5.69 Å². The maximum Gasteiger partial charge on any atom is 0.278 e. The third kappa shape index (κ3) is 5.00. The summed E-state index contributed by atoms with van der Waals surface area (Å²) >= 11 is 6.20. The highest BCUT2D eigenvalue weighted by molar-refractivity contribution is 7.93. The van der Waals surface area contributed by atoms with E-state index in [1.54, 1.807) is 30.3 Å². The predicted octanol–water partition coefficient (Wildman–Crippen LogP) is 4.71. The van der Waals surface area contributed by atoms with Crippen molar-refractivity contribution in [1.29, 1.82) is 0 Å². The molecule has 3 aromatic rings. The van der Waals surface area contributed by atoms with E-state index >= 15 is 0 Å². The number of carbonyl (C=O) groups is 1. The highest BCUT2D eigenvalue weighted by atomic mass is 35.5. The summed E-state index contributed by atoms with van der Waals surface area (Å²) in [7, 11) is -2.76. The summed E-state index contributed by atoms with van der Waals surface area (Å²) in [4.78, 5) is 13.1. The quantitative estimate of drug-likeness (QED) is 0.487. The maximum absolute atomic E-state index is 13.3. The largest absolute Gasteiger partial charge is 0.495 e. The number of amides is 1. The third-order valence-corrected chi connectivity index (χ3v) is 6.64. The Balaban J connectivity index is 1.99. The van der Waals surface area contributed by atoms with Crippen LogP contribution in [0.1, 0.15) is 12.5 Å². The van der Waals surface area contributed by atoms with Crippen molar-refractivity contribution < 1.29 is 22.7 Å². The lowest BCUT2D eigenvalue weighted by Gasteiger charge is -2.23. The van der Waals surface area contributed by atoms with Crippen LogP contribution in [0, 0.1) is 0 Å². The Kier molecular flexibility index (Phi) is 7.20. The molecule has 31 heavy (non-hydrogen) atoms. The summed E-state index contributed by atoms with van der Waals surface area (Å²) in [6.07, 6.45) is 0.713. The average molecular weight is 460 g/mol. The number of ether oxygens (including phenoxy) is 2. The molecule has 0 heterocycles. The van der Waals surface area contributed by atoms with Crippen molar-refractivity contribution in [1.82, 2.24) is 0 Å². The van der Waals surface area contributed by atoms with E-state index in [0.29, 0.717) is 22.2 Å². The van der Waals surface area contributed by atoms with Gasteiger partial charge in [0.2, 0.25) is 0 Å². The minimum absolute atomic E-state index is 0.0238. The van der Waals surface area contributed by atoms with E-state index in [4.69, 9.17) is 21.1 Å². The molecule has 0 unspecified atom stereocenters. The van der Waals surface area contributed by atoms with Gasteiger partial charge in [-0.05, 0) is 48.4 Å². The summed E-state index contributed by atoms with van der Waals surface area (Å²) in [6.45, 7) is 1.50. The number of hydrogen-bond acceptors (Lipinski definition) is 5. The lowest BCUT2D eigenvalue weighted by Crippen LogP contribution is -2.40. The first-order chi connectivity index (χ1) is 14.9. The Labute approximate surface area is 187 Å². The van der Waals surface area contributed by atoms with Crippen LogP contribution >= 0.6 is 11.6 Å². The lowest BCUT2D eigenvalue weighted by atomic mass is 10.1. The van der Waals surface area contributed by atoms with Gasteiger partial charge in [0.15, 0.2) is 6.61 Å². The zero-order valence-electron chi connectivity index (χ0n) is 17.1. The van der Waals surface area contributed by atoms with Gasteiger partial charge < -0.3 is 9.47 Å². The summed E-state index contributed by atoms with van der Waals surface area (Å²) in [5, 5.41) is 0.179. The highest BCUT2D eigenvalue weighted by Gasteiger charge is 2.32. The minimum Gasteiger partial charge on any atom is -0.495 e. The normalized spacial score (nSPS) is 11.1. The summed E-state index contributed by atoms with van der Waals surface area (Å²) < 4.78 is 38.2. The van der Waals surface area contributed by atoms with Crippen molar-refractivity contribution in [3.63, 3.8) is 0 Å². The Morgan fingerprint density at radius 3 is 2.29 bits per heavy atom. The van der Waals surface area contributed by atoms with Gasteiger partial charge in [0.1, 0.15) is 11.5 Å². The lowest BCUT2D eigenvalue weighted by molar-refractivity contribution is -0.119. The van der Waals surface area contributed by atoms with Gasteiger partial charge in [0, 0.05) is 0 Å². The van der Waals surface area contributed by atoms with E-state index in [1.807, 2.05) is 19.1 Å². The van der Waals surface area contributed by atoms with Crippen LogP contribution in [0.2, 0.25) is 5.02 Å². The molecule has 0 aliphatic heterocycles. The first kappa shape index (κ1) is 22.7.